The number of nitrogens with zero attached hydrogens (tertiary/aromatic N) is 2. The molecule has 1 amide bonds. The first kappa shape index (κ1) is 17.4. The minimum atomic E-state index is -0.256. The molecular formula is C20H24FN3O. The van der Waals surface area contributed by atoms with E-state index in [1.54, 1.807) is 12.1 Å². The molecule has 1 aliphatic heterocycles. The van der Waals surface area contributed by atoms with Crippen LogP contribution in [0.3, 0.4) is 0 Å². The third-order valence-corrected chi connectivity index (χ3v) is 4.57. The summed E-state index contributed by atoms with van der Waals surface area (Å²) in [4.78, 5) is 16.8. The van der Waals surface area contributed by atoms with E-state index in [-0.39, 0.29) is 11.7 Å². The molecule has 0 radical (unpaired) electrons. The number of amides is 1. The van der Waals surface area contributed by atoms with E-state index in [0.29, 0.717) is 12.8 Å². The molecule has 0 aliphatic carbocycles. The minimum Gasteiger partial charge on any atom is -0.369 e. The monoisotopic (exact) mass is 341 g/mol. The highest BCUT2D eigenvalue weighted by Gasteiger charge is 2.14. The van der Waals surface area contributed by atoms with E-state index in [9.17, 15) is 9.18 Å². The molecule has 1 fully saturated rings. The molecule has 3 rings (SSSR count). The van der Waals surface area contributed by atoms with Crippen LogP contribution in [0.4, 0.5) is 15.8 Å². The summed E-state index contributed by atoms with van der Waals surface area (Å²) in [5.74, 6) is -0.287. The number of benzene rings is 2. The molecule has 0 bridgehead atoms. The zero-order valence-corrected chi connectivity index (χ0v) is 14.5. The van der Waals surface area contributed by atoms with Gasteiger partial charge in [0.15, 0.2) is 0 Å². The molecule has 2 aromatic rings. The molecule has 1 N–H and O–H groups in total. The van der Waals surface area contributed by atoms with Crippen molar-refractivity contribution < 1.29 is 9.18 Å². The van der Waals surface area contributed by atoms with Gasteiger partial charge in [0.2, 0.25) is 5.91 Å². The summed E-state index contributed by atoms with van der Waals surface area (Å²) in [5.41, 5.74) is 2.96. The van der Waals surface area contributed by atoms with E-state index in [2.05, 4.69) is 34.3 Å². The predicted molar refractivity (Wildman–Crippen MR) is 99.5 cm³/mol. The fraction of sp³-hybridized carbons (Fsp3) is 0.350. The van der Waals surface area contributed by atoms with Gasteiger partial charge in [0.05, 0.1) is 0 Å². The Hall–Kier alpha value is -2.40. The summed E-state index contributed by atoms with van der Waals surface area (Å²) in [7, 11) is 2.14. The summed E-state index contributed by atoms with van der Waals surface area (Å²) < 4.78 is 12.9. The Labute approximate surface area is 148 Å². The molecule has 1 aliphatic rings. The second-order valence-electron chi connectivity index (χ2n) is 6.51. The van der Waals surface area contributed by atoms with E-state index < -0.39 is 0 Å². The Morgan fingerprint density at radius 2 is 1.64 bits per heavy atom. The Kier molecular flexibility index (Phi) is 5.66. The first-order chi connectivity index (χ1) is 12.1. The smallest absolute Gasteiger partial charge is 0.224 e. The van der Waals surface area contributed by atoms with Gasteiger partial charge in [-0.25, -0.2) is 4.39 Å². The van der Waals surface area contributed by atoms with Crippen molar-refractivity contribution in [1.29, 1.82) is 0 Å². The van der Waals surface area contributed by atoms with Crippen LogP contribution in [-0.2, 0) is 11.2 Å². The van der Waals surface area contributed by atoms with Crippen LogP contribution in [0, 0.1) is 5.82 Å². The molecule has 0 atom stereocenters. The van der Waals surface area contributed by atoms with Crippen molar-refractivity contribution in [3.8, 4) is 0 Å². The van der Waals surface area contributed by atoms with Crippen LogP contribution in [0.25, 0.3) is 0 Å². The number of halogens is 1. The molecule has 25 heavy (non-hydrogen) atoms. The third-order valence-electron chi connectivity index (χ3n) is 4.57. The number of piperazine rings is 1. The van der Waals surface area contributed by atoms with Crippen molar-refractivity contribution in [2.24, 2.45) is 0 Å². The fourth-order valence-corrected chi connectivity index (χ4v) is 2.95. The largest absolute Gasteiger partial charge is 0.369 e. The van der Waals surface area contributed by atoms with Gasteiger partial charge in [0.1, 0.15) is 5.82 Å². The average molecular weight is 341 g/mol. The van der Waals surface area contributed by atoms with Gasteiger partial charge in [-0.1, -0.05) is 12.1 Å². The number of nitrogens with one attached hydrogen (secondary N) is 1. The van der Waals surface area contributed by atoms with Crippen molar-refractivity contribution in [2.45, 2.75) is 12.8 Å². The molecule has 0 saturated carbocycles. The summed E-state index contributed by atoms with van der Waals surface area (Å²) in [6.07, 6.45) is 0.983. The molecule has 1 heterocycles. The second-order valence-corrected chi connectivity index (χ2v) is 6.51. The zero-order valence-electron chi connectivity index (χ0n) is 14.5. The highest BCUT2D eigenvalue weighted by molar-refractivity contribution is 5.91. The topological polar surface area (TPSA) is 35.6 Å². The number of hydrogen-bond acceptors (Lipinski definition) is 3. The van der Waals surface area contributed by atoms with E-state index in [1.165, 1.54) is 17.8 Å². The van der Waals surface area contributed by atoms with Crippen molar-refractivity contribution in [1.82, 2.24) is 4.90 Å². The van der Waals surface area contributed by atoms with Crippen LogP contribution in [0.15, 0.2) is 48.5 Å². The first-order valence-corrected chi connectivity index (χ1v) is 8.68. The molecule has 5 heteroatoms. The van der Waals surface area contributed by atoms with Gasteiger partial charge in [-0.15, -0.1) is 0 Å². The van der Waals surface area contributed by atoms with Crippen LogP contribution < -0.4 is 10.2 Å². The Balaban J connectivity index is 1.49. The molecule has 4 nitrogen and oxygen atoms in total. The molecule has 1 saturated heterocycles. The Morgan fingerprint density at radius 1 is 1.00 bits per heavy atom. The normalized spacial score (nSPS) is 15.2. The molecule has 0 spiro atoms. The van der Waals surface area contributed by atoms with E-state index in [0.717, 1.165) is 37.4 Å². The number of aryl methyl sites for hydroxylation is 1. The van der Waals surface area contributed by atoms with Gasteiger partial charge >= 0.3 is 0 Å². The van der Waals surface area contributed by atoms with Gasteiger partial charge in [-0.2, -0.15) is 0 Å². The van der Waals surface area contributed by atoms with Gasteiger partial charge in [-0.3, -0.25) is 4.79 Å². The summed E-state index contributed by atoms with van der Waals surface area (Å²) in [6, 6.07) is 14.3. The highest BCUT2D eigenvalue weighted by Crippen LogP contribution is 2.19. The summed E-state index contributed by atoms with van der Waals surface area (Å²) >= 11 is 0. The van der Waals surface area contributed by atoms with Gasteiger partial charge < -0.3 is 15.1 Å². The van der Waals surface area contributed by atoms with E-state index in [4.69, 9.17) is 0 Å². The fourth-order valence-electron chi connectivity index (χ4n) is 2.95. The van der Waals surface area contributed by atoms with Crippen molar-refractivity contribution in [3.63, 3.8) is 0 Å². The van der Waals surface area contributed by atoms with Crippen LogP contribution in [-0.4, -0.2) is 44.0 Å². The molecular weight excluding hydrogens is 317 g/mol. The quantitative estimate of drug-likeness (QED) is 0.907. The standard InChI is InChI=1S/C20H24FN3O/c1-23-12-14-24(15-13-23)19-9-7-18(8-10-19)22-20(25)11-4-16-2-5-17(21)6-3-16/h2-3,5-10H,4,11-15H2,1H3,(H,22,25). The lowest BCUT2D eigenvalue weighted by molar-refractivity contribution is -0.116. The number of carbonyl (C=O) groups is 1. The SMILES string of the molecule is CN1CCN(c2ccc(NC(=O)CCc3ccc(F)cc3)cc2)CC1. The molecule has 0 unspecified atom stereocenters. The Bertz CT molecular complexity index is 692. The maximum atomic E-state index is 12.9. The van der Waals surface area contributed by atoms with Crippen LogP contribution in [0.1, 0.15) is 12.0 Å². The van der Waals surface area contributed by atoms with Crippen LogP contribution >= 0.6 is 0 Å². The maximum absolute atomic E-state index is 12.9. The first-order valence-electron chi connectivity index (χ1n) is 8.68. The van der Waals surface area contributed by atoms with E-state index >= 15 is 0 Å². The van der Waals surface area contributed by atoms with Crippen molar-refractivity contribution in [2.75, 3.05) is 43.4 Å². The highest BCUT2D eigenvalue weighted by atomic mass is 19.1. The maximum Gasteiger partial charge on any atom is 0.224 e. The number of hydrogen-bond donors (Lipinski definition) is 1. The molecule has 2 aromatic carbocycles. The summed E-state index contributed by atoms with van der Waals surface area (Å²) in [5, 5.41) is 2.92. The number of rotatable bonds is 5. The lowest BCUT2D eigenvalue weighted by atomic mass is 10.1. The second kappa shape index (κ2) is 8.12. The van der Waals surface area contributed by atoms with Gasteiger partial charge in [0, 0.05) is 44.0 Å². The molecule has 132 valence electrons. The van der Waals surface area contributed by atoms with Crippen LogP contribution in [0.2, 0.25) is 0 Å². The lowest BCUT2D eigenvalue weighted by Gasteiger charge is -2.34. The molecule has 0 aromatic heterocycles. The van der Waals surface area contributed by atoms with Crippen LogP contribution in [0.5, 0.6) is 0 Å². The van der Waals surface area contributed by atoms with Gasteiger partial charge in [0.25, 0.3) is 0 Å². The average Bonchev–Trinajstić information content (AvgIpc) is 2.63. The lowest BCUT2D eigenvalue weighted by Crippen LogP contribution is -2.44. The predicted octanol–water partition coefficient (Wildman–Crippen LogP) is 3.15. The Morgan fingerprint density at radius 3 is 2.28 bits per heavy atom. The summed E-state index contributed by atoms with van der Waals surface area (Å²) in [6.45, 7) is 4.20. The van der Waals surface area contributed by atoms with E-state index in [1.807, 2.05) is 12.1 Å². The number of likely N-dealkylation sites (N-methyl/N-ethyl adjacent to an activating group) is 1. The van der Waals surface area contributed by atoms with Crippen molar-refractivity contribution >= 4 is 17.3 Å². The third kappa shape index (κ3) is 5.03. The zero-order chi connectivity index (χ0) is 17.6. The minimum absolute atomic E-state index is 0.0309. The number of anilines is 2. The van der Waals surface area contributed by atoms with Gasteiger partial charge in [-0.05, 0) is 55.4 Å². The number of carbonyl (C=O) groups excluding carboxylic acids is 1. The van der Waals surface area contributed by atoms with Crippen molar-refractivity contribution in [3.05, 3.63) is 59.9 Å².